The van der Waals surface area contributed by atoms with Gasteiger partial charge in [0.15, 0.2) is 0 Å². The van der Waals surface area contributed by atoms with E-state index in [2.05, 4.69) is 10.0 Å². The quantitative estimate of drug-likeness (QED) is 0.707. The van der Waals surface area contributed by atoms with Gasteiger partial charge in [-0.25, -0.2) is 8.42 Å². The molecule has 1 unspecified atom stereocenters. The highest BCUT2D eigenvalue weighted by atomic mass is 32.2. The summed E-state index contributed by atoms with van der Waals surface area (Å²) in [5, 5.41) is 2.71. The van der Waals surface area contributed by atoms with Crippen LogP contribution >= 0.6 is 0 Å². The third kappa shape index (κ3) is 5.18. The SMILES string of the molecule is CCCS(=O)(=O)Nc1ccc(NC(=O)C(C)CN)cc1. The minimum atomic E-state index is -3.29. The number of carbonyl (C=O) groups excluding carboxylic acids is 1. The largest absolute Gasteiger partial charge is 0.330 e. The van der Waals surface area contributed by atoms with Gasteiger partial charge in [0.2, 0.25) is 15.9 Å². The number of amides is 1. The second-order valence-electron chi connectivity index (χ2n) is 4.62. The lowest BCUT2D eigenvalue weighted by atomic mass is 10.1. The first-order valence-electron chi connectivity index (χ1n) is 6.49. The Kier molecular flexibility index (Phi) is 5.97. The van der Waals surface area contributed by atoms with Crippen molar-refractivity contribution in [2.24, 2.45) is 11.7 Å². The predicted octanol–water partition coefficient (Wildman–Crippen LogP) is 1.37. The Morgan fingerprint density at radius 2 is 1.80 bits per heavy atom. The molecule has 7 heteroatoms. The van der Waals surface area contributed by atoms with Gasteiger partial charge in [0.05, 0.1) is 5.75 Å². The fourth-order valence-electron chi connectivity index (χ4n) is 1.49. The third-order valence-corrected chi connectivity index (χ3v) is 4.19. The Bertz CT molecular complexity index is 540. The van der Waals surface area contributed by atoms with Crippen LogP contribution in [0.2, 0.25) is 0 Å². The van der Waals surface area contributed by atoms with E-state index >= 15 is 0 Å². The van der Waals surface area contributed by atoms with E-state index in [-0.39, 0.29) is 24.1 Å². The Balaban J connectivity index is 2.68. The summed E-state index contributed by atoms with van der Waals surface area (Å²) in [5.74, 6) is -0.344. The minimum absolute atomic E-state index is 0.0828. The van der Waals surface area contributed by atoms with Crippen molar-refractivity contribution < 1.29 is 13.2 Å². The average Bonchev–Trinajstić information content (AvgIpc) is 2.39. The van der Waals surface area contributed by atoms with Gasteiger partial charge in [-0.05, 0) is 30.7 Å². The molecule has 1 aromatic rings. The van der Waals surface area contributed by atoms with Crippen LogP contribution in [0.1, 0.15) is 20.3 Å². The van der Waals surface area contributed by atoms with Crippen molar-refractivity contribution in [3.05, 3.63) is 24.3 Å². The van der Waals surface area contributed by atoms with Crippen molar-refractivity contribution in [1.29, 1.82) is 0 Å². The molecule has 112 valence electrons. The first kappa shape index (κ1) is 16.5. The fraction of sp³-hybridized carbons (Fsp3) is 0.462. The topological polar surface area (TPSA) is 101 Å². The van der Waals surface area contributed by atoms with E-state index in [0.29, 0.717) is 17.8 Å². The van der Waals surface area contributed by atoms with E-state index in [1.807, 2.05) is 0 Å². The maximum absolute atomic E-state index is 11.6. The number of sulfonamides is 1. The Hall–Kier alpha value is -1.60. The molecule has 20 heavy (non-hydrogen) atoms. The lowest BCUT2D eigenvalue weighted by molar-refractivity contribution is -0.119. The second kappa shape index (κ2) is 7.25. The molecule has 0 aliphatic heterocycles. The number of anilines is 2. The highest BCUT2D eigenvalue weighted by molar-refractivity contribution is 7.92. The van der Waals surface area contributed by atoms with Crippen molar-refractivity contribution >= 4 is 27.3 Å². The van der Waals surface area contributed by atoms with E-state index < -0.39 is 10.0 Å². The summed E-state index contributed by atoms with van der Waals surface area (Å²) in [6.45, 7) is 3.82. The molecule has 0 aromatic heterocycles. The molecule has 0 saturated carbocycles. The molecule has 4 N–H and O–H groups in total. The Labute approximate surface area is 119 Å². The van der Waals surface area contributed by atoms with Gasteiger partial charge in [-0.15, -0.1) is 0 Å². The third-order valence-electron chi connectivity index (χ3n) is 2.70. The molecule has 0 fully saturated rings. The van der Waals surface area contributed by atoms with Crippen molar-refractivity contribution in [3.8, 4) is 0 Å². The van der Waals surface area contributed by atoms with Gasteiger partial charge in [-0.3, -0.25) is 9.52 Å². The molecular formula is C13H21N3O3S. The second-order valence-corrected chi connectivity index (χ2v) is 6.47. The van der Waals surface area contributed by atoms with Gasteiger partial charge in [-0.1, -0.05) is 13.8 Å². The van der Waals surface area contributed by atoms with Crippen molar-refractivity contribution in [1.82, 2.24) is 0 Å². The maximum Gasteiger partial charge on any atom is 0.232 e. The summed E-state index contributed by atoms with van der Waals surface area (Å²) in [7, 11) is -3.29. The van der Waals surface area contributed by atoms with Gasteiger partial charge in [0, 0.05) is 23.8 Å². The molecule has 1 rings (SSSR count). The highest BCUT2D eigenvalue weighted by Crippen LogP contribution is 2.15. The zero-order valence-electron chi connectivity index (χ0n) is 11.7. The summed E-state index contributed by atoms with van der Waals surface area (Å²) in [6, 6.07) is 6.50. The molecule has 0 bridgehead atoms. The van der Waals surface area contributed by atoms with Crippen LogP contribution < -0.4 is 15.8 Å². The first-order chi connectivity index (χ1) is 9.38. The van der Waals surface area contributed by atoms with Crippen molar-refractivity contribution in [3.63, 3.8) is 0 Å². The number of carbonyl (C=O) groups is 1. The molecule has 0 aliphatic rings. The Morgan fingerprint density at radius 1 is 1.25 bits per heavy atom. The van der Waals surface area contributed by atoms with Crippen LogP contribution in [0.15, 0.2) is 24.3 Å². The molecule has 1 aromatic carbocycles. The van der Waals surface area contributed by atoms with Crippen molar-refractivity contribution in [2.75, 3.05) is 22.3 Å². The maximum atomic E-state index is 11.6. The van der Waals surface area contributed by atoms with Crippen LogP contribution in [0, 0.1) is 5.92 Å². The zero-order valence-corrected chi connectivity index (χ0v) is 12.5. The summed E-state index contributed by atoms with van der Waals surface area (Å²) in [4.78, 5) is 11.6. The predicted molar refractivity (Wildman–Crippen MR) is 81.0 cm³/mol. The van der Waals surface area contributed by atoms with E-state index in [1.165, 1.54) is 0 Å². The molecule has 1 atom stereocenters. The van der Waals surface area contributed by atoms with Crippen LogP contribution in [0.3, 0.4) is 0 Å². The lowest BCUT2D eigenvalue weighted by Crippen LogP contribution is -2.26. The molecule has 6 nitrogen and oxygen atoms in total. The van der Waals surface area contributed by atoms with E-state index in [0.717, 1.165) is 0 Å². The van der Waals surface area contributed by atoms with E-state index in [4.69, 9.17) is 5.73 Å². The fourth-order valence-corrected chi connectivity index (χ4v) is 2.63. The number of nitrogens with two attached hydrogens (primary N) is 1. The van der Waals surface area contributed by atoms with Crippen molar-refractivity contribution in [2.45, 2.75) is 20.3 Å². The van der Waals surface area contributed by atoms with Crippen LogP contribution in [-0.4, -0.2) is 26.6 Å². The van der Waals surface area contributed by atoms with Crippen LogP contribution in [0.5, 0.6) is 0 Å². The number of benzene rings is 1. The van der Waals surface area contributed by atoms with E-state index in [9.17, 15) is 13.2 Å². The number of nitrogens with one attached hydrogen (secondary N) is 2. The summed E-state index contributed by atoms with van der Waals surface area (Å²) in [5.41, 5.74) is 6.49. The van der Waals surface area contributed by atoms with Gasteiger partial charge >= 0.3 is 0 Å². The molecule has 0 spiro atoms. The van der Waals surface area contributed by atoms with Gasteiger partial charge in [0.1, 0.15) is 0 Å². The van der Waals surface area contributed by atoms with Crippen LogP contribution in [0.25, 0.3) is 0 Å². The van der Waals surface area contributed by atoms with Gasteiger partial charge in [0.25, 0.3) is 0 Å². The minimum Gasteiger partial charge on any atom is -0.330 e. The van der Waals surface area contributed by atoms with E-state index in [1.54, 1.807) is 38.1 Å². The monoisotopic (exact) mass is 299 g/mol. The summed E-state index contributed by atoms with van der Waals surface area (Å²) >= 11 is 0. The van der Waals surface area contributed by atoms with Crippen LogP contribution in [-0.2, 0) is 14.8 Å². The number of hydrogen-bond donors (Lipinski definition) is 3. The molecule has 0 radical (unpaired) electrons. The average molecular weight is 299 g/mol. The highest BCUT2D eigenvalue weighted by Gasteiger charge is 2.11. The number of rotatable bonds is 7. The molecule has 0 saturated heterocycles. The smallest absolute Gasteiger partial charge is 0.232 e. The number of hydrogen-bond acceptors (Lipinski definition) is 4. The first-order valence-corrected chi connectivity index (χ1v) is 8.14. The molecule has 0 heterocycles. The zero-order chi connectivity index (χ0) is 15.2. The van der Waals surface area contributed by atoms with Crippen LogP contribution in [0.4, 0.5) is 11.4 Å². The summed E-state index contributed by atoms with van der Waals surface area (Å²) < 4.78 is 25.7. The normalized spacial score (nSPS) is 12.8. The molecule has 0 aliphatic carbocycles. The molecular weight excluding hydrogens is 278 g/mol. The lowest BCUT2D eigenvalue weighted by Gasteiger charge is -2.11. The Morgan fingerprint density at radius 3 is 2.30 bits per heavy atom. The standard InChI is InChI=1S/C13H21N3O3S/c1-3-8-20(18,19)16-12-6-4-11(5-7-12)15-13(17)10(2)9-14/h4-7,10,16H,3,8-9,14H2,1-2H3,(H,15,17). The van der Waals surface area contributed by atoms with Gasteiger partial charge in [-0.2, -0.15) is 0 Å². The summed E-state index contributed by atoms with van der Waals surface area (Å²) in [6.07, 6.45) is 0.556. The van der Waals surface area contributed by atoms with Gasteiger partial charge < -0.3 is 11.1 Å². The molecule has 1 amide bonds.